The molecule has 2 aromatic rings. The van der Waals surface area contributed by atoms with Gasteiger partial charge in [0.25, 0.3) is 0 Å². The Labute approximate surface area is 86.0 Å². The van der Waals surface area contributed by atoms with Gasteiger partial charge in [0.2, 0.25) is 5.52 Å². The maximum atomic E-state index is 10.5. The summed E-state index contributed by atoms with van der Waals surface area (Å²) in [6.45, 7) is 5.79. The highest BCUT2D eigenvalue weighted by Crippen LogP contribution is 2.24. The van der Waals surface area contributed by atoms with E-state index < -0.39 is 4.92 Å². The zero-order valence-electron chi connectivity index (χ0n) is 8.72. The first-order chi connectivity index (χ1) is 7.20. The Kier molecular flexibility index (Phi) is 3.33. The van der Waals surface area contributed by atoms with Gasteiger partial charge in [0.15, 0.2) is 0 Å². The van der Waals surface area contributed by atoms with Crippen molar-refractivity contribution in [3.8, 4) is 0 Å². The van der Waals surface area contributed by atoms with E-state index in [0.717, 1.165) is 5.56 Å². The van der Waals surface area contributed by atoms with Crippen LogP contribution < -0.4 is 0 Å². The number of hydrogen-bond donors (Lipinski definition) is 0. The van der Waals surface area contributed by atoms with E-state index in [2.05, 4.69) is 14.9 Å². The molecule has 0 amide bonds. The molecule has 0 radical (unpaired) electrons. The number of benzene rings is 1. The fourth-order valence-electron chi connectivity index (χ4n) is 1.12. The normalized spacial score (nSPS) is 9.53. The third-order valence-corrected chi connectivity index (χ3v) is 1.79. The van der Waals surface area contributed by atoms with Crippen LogP contribution in [-0.2, 0) is 0 Å². The Balaban J connectivity index is 0.000000531. The lowest BCUT2D eigenvalue weighted by atomic mass is 10.2. The third kappa shape index (κ3) is 1.93. The maximum absolute atomic E-state index is 10.5. The second kappa shape index (κ2) is 4.50. The number of non-ortho nitro benzene ring substituents is 1. The predicted octanol–water partition coefficient (Wildman–Crippen LogP) is 2.47. The van der Waals surface area contributed by atoms with E-state index in [-0.39, 0.29) is 11.2 Å². The summed E-state index contributed by atoms with van der Waals surface area (Å²) in [7, 11) is 0. The van der Waals surface area contributed by atoms with E-state index >= 15 is 0 Å². The topological polar surface area (TPSA) is 82.1 Å². The van der Waals surface area contributed by atoms with E-state index in [0.29, 0.717) is 5.52 Å². The summed E-state index contributed by atoms with van der Waals surface area (Å²) < 4.78 is 4.43. The first-order valence-corrected chi connectivity index (χ1v) is 4.56. The molecule has 0 saturated carbocycles. The molecule has 0 aliphatic heterocycles. The molecule has 1 heterocycles. The summed E-state index contributed by atoms with van der Waals surface area (Å²) in [5.74, 6) is 0. The van der Waals surface area contributed by atoms with Crippen molar-refractivity contribution >= 4 is 16.7 Å². The number of aryl methyl sites for hydroxylation is 1. The summed E-state index contributed by atoms with van der Waals surface area (Å²) in [6.07, 6.45) is 0. The lowest BCUT2D eigenvalue weighted by Gasteiger charge is -1.92. The van der Waals surface area contributed by atoms with Crippen LogP contribution >= 0.6 is 0 Å². The largest absolute Gasteiger partial charge is 0.300 e. The van der Waals surface area contributed by atoms with Gasteiger partial charge in [0, 0.05) is 6.07 Å². The van der Waals surface area contributed by atoms with Crippen molar-refractivity contribution < 1.29 is 9.55 Å². The van der Waals surface area contributed by atoms with Gasteiger partial charge in [0.1, 0.15) is 5.52 Å². The molecule has 1 aromatic carbocycles. The second-order valence-corrected chi connectivity index (χ2v) is 2.62. The highest BCUT2D eigenvalue weighted by atomic mass is 16.6. The Bertz CT molecular complexity index is 478. The molecule has 0 unspecified atom stereocenters. The van der Waals surface area contributed by atoms with Gasteiger partial charge < -0.3 is 0 Å². The maximum Gasteiger partial charge on any atom is 0.300 e. The minimum atomic E-state index is -0.508. The van der Waals surface area contributed by atoms with Gasteiger partial charge in [-0.05, 0) is 22.8 Å². The van der Waals surface area contributed by atoms with Crippen molar-refractivity contribution in [3.63, 3.8) is 0 Å². The zero-order chi connectivity index (χ0) is 11.4. The number of nitrogens with zero attached hydrogens (tertiary/aromatic N) is 3. The molecule has 6 heteroatoms. The smallest absolute Gasteiger partial charge is 0.258 e. The molecule has 15 heavy (non-hydrogen) atoms. The molecule has 0 spiro atoms. The summed E-state index contributed by atoms with van der Waals surface area (Å²) in [5, 5.41) is 17.6. The van der Waals surface area contributed by atoms with Gasteiger partial charge in [-0.2, -0.15) is 0 Å². The van der Waals surface area contributed by atoms with Crippen LogP contribution in [0.5, 0.6) is 0 Å². The first-order valence-electron chi connectivity index (χ1n) is 4.56. The fourth-order valence-corrected chi connectivity index (χ4v) is 1.12. The quantitative estimate of drug-likeness (QED) is 0.532. The number of nitro benzene ring substituents is 1. The lowest BCUT2D eigenvalue weighted by molar-refractivity contribution is -0.383. The lowest BCUT2D eigenvalue weighted by Crippen LogP contribution is -1.90. The van der Waals surface area contributed by atoms with Crippen molar-refractivity contribution in [2.45, 2.75) is 20.8 Å². The Morgan fingerprint density at radius 3 is 2.47 bits per heavy atom. The predicted molar refractivity (Wildman–Crippen MR) is 54.5 cm³/mol. The molecule has 0 bridgehead atoms. The Morgan fingerprint density at radius 2 is 1.87 bits per heavy atom. The molecule has 2 rings (SSSR count). The van der Waals surface area contributed by atoms with Crippen LogP contribution in [0.25, 0.3) is 11.0 Å². The van der Waals surface area contributed by atoms with E-state index in [4.69, 9.17) is 0 Å². The molecule has 0 fully saturated rings. The van der Waals surface area contributed by atoms with Gasteiger partial charge in [0.05, 0.1) is 4.92 Å². The van der Waals surface area contributed by atoms with Crippen molar-refractivity contribution in [1.82, 2.24) is 10.3 Å². The van der Waals surface area contributed by atoms with Gasteiger partial charge in [-0.15, -0.1) is 0 Å². The number of aromatic nitrogens is 2. The molecule has 1 aromatic heterocycles. The molecule has 6 nitrogen and oxygen atoms in total. The highest BCUT2D eigenvalue weighted by Gasteiger charge is 2.17. The minimum absolute atomic E-state index is 0.0816. The summed E-state index contributed by atoms with van der Waals surface area (Å²) >= 11 is 0. The van der Waals surface area contributed by atoms with Gasteiger partial charge in [-0.25, -0.2) is 4.63 Å². The van der Waals surface area contributed by atoms with Crippen LogP contribution in [0.15, 0.2) is 16.8 Å². The van der Waals surface area contributed by atoms with Gasteiger partial charge >= 0.3 is 5.69 Å². The molecular formula is C9H11N3O3. The third-order valence-electron chi connectivity index (χ3n) is 1.79. The average molecular weight is 209 g/mol. The van der Waals surface area contributed by atoms with Crippen LogP contribution in [0, 0.1) is 17.0 Å². The zero-order valence-corrected chi connectivity index (χ0v) is 8.72. The second-order valence-electron chi connectivity index (χ2n) is 2.62. The number of nitro groups is 1. The molecule has 80 valence electrons. The minimum Gasteiger partial charge on any atom is -0.258 e. The van der Waals surface area contributed by atoms with Crippen LogP contribution in [0.3, 0.4) is 0 Å². The molecular weight excluding hydrogens is 198 g/mol. The monoisotopic (exact) mass is 209 g/mol. The van der Waals surface area contributed by atoms with E-state index in [9.17, 15) is 10.1 Å². The molecule has 0 aliphatic carbocycles. The molecule has 0 N–H and O–H groups in total. The standard InChI is InChI=1S/C7H5N3O3.C2H6/c1-4-2-3-5(10(11)12)7-6(4)8-13-9-7;1-2/h2-3H,1H3;1-2H3. The number of rotatable bonds is 1. The molecule has 0 atom stereocenters. The number of fused-ring (bicyclic) bond motifs is 1. The first kappa shape index (κ1) is 11.1. The Morgan fingerprint density at radius 1 is 1.27 bits per heavy atom. The fraction of sp³-hybridized carbons (Fsp3) is 0.333. The van der Waals surface area contributed by atoms with E-state index in [1.807, 2.05) is 13.8 Å². The van der Waals surface area contributed by atoms with Crippen molar-refractivity contribution in [2.24, 2.45) is 0 Å². The van der Waals surface area contributed by atoms with Crippen molar-refractivity contribution in [3.05, 3.63) is 27.8 Å². The van der Waals surface area contributed by atoms with Crippen LogP contribution in [0.2, 0.25) is 0 Å². The average Bonchev–Trinajstić information content (AvgIpc) is 2.70. The SMILES string of the molecule is CC.Cc1ccc([N+](=O)[O-])c2nonc12. The summed E-state index contributed by atoms with van der Waals surface area (Å²) in [6, 6.07) is 3.01. The van der Waals surface area contributed by atoms with E-state index in [1.54, 1.807) is 13.0 Å². The summed E-state index contributed by atoms with van der Waals surface area (Å²) in [5.41, 5.74) is 1.36. The van der Waals surface area contributed by atoms with Crippen LogP contribution in [0.1, 0.15) is 19.4 Å². The van der Waals surface area contributed by atoms with Gasteiger partial charge in [-0.3, -0.25) is 10.1 Å². The van der Waals surface area contributed by atoms with Crippen LogP contribution in [0.4, 0.5) is 5.69 Å². The van der Waals surface area contributed by atoms with Crippen molar-refractivity contribution in [1.29, 1.82) is 0 Å². The summed E-state index contributed by atoms with van der Waals surface area (Å²) in [4.78, 5) is 10.0. The van der Waals surface area contributed by atoms with Crippen LogP contribution in [-0.4, -0.2) is 15.2 Å². The van der Waals surface area contributed by atoms with Crippen molar-refractivity contribution in [2.75, 3.05) is 0 Å². The highest BCUT2D eigenvalue weighted by molar-refractivity contribution is 5.85. The molecule has 0 aliphatic rings. The molecule has 0 saturated heterocycles. The number of hydrogen-bond acceptors (Lipinski definition) is 5. The van der Waals surface area contributed by atoms with Gasteiger partial charge in [-0.1, -0.05) is 19.9 Å². The Hall–Kier alpha value is -1.98. The van der Waals surface area contributed by atoms with E-state index in [1.165, 1.54) is 6.07 Å².